The summed E-state index contributed by atoms with van der Waals surface area (Å²) < 4.78 is 5.68. The van der Waals surface area contributed by atoms with Crippen LogP contribution in [0.5, 0.6) is 5.75 Å². The molecule has 6 nitrogen and oxygen atoms in total. The van der Waals surface area contributed by atoms with Crippen LogP contribution in [-0.2, 0) is 16.2 Å². The molecule has 112 valence electrons. The molecule has 2 aromatic rings. The van der Waals surface area contributed by atoms with Gasteiger partial charge < -0.3 is 15.2 Å². The number of benzene rings is 1. The van der Waals surface area contributed by atoms with E-state index in [0.29, 0.717) is 18.0 Å². The van der Waals surface area contributed by atoms with Crippen LogP contribution in [0.2, 0.25) is 0 Å². The molecular weight excluding hydrogens is 284 g/mol. The van der Waals surface area contributed by atoms with E-state index < -0.39 is 5.97 Å². The molecule has 0 spiro atoms. The van der Waals surface area contributed by atoms with Crippen LogP contribution in [0.1, 0.15) is 18.4 Å². The van der Waals surface area contributed by atoms with Crippen LogP contribution >= 0.6 is 0 Å². The lowest BCUT2D eigenvalue weighted by molar-refractivity contribution is -0.138. The van der Waals surface area contributed by atoms with E-state index >= 15 is 0 Å². The molecule has 0 bridgehead atoms. The maximum absolute atomic E-state index is 11.7. The van der Waals surface area contributed by atoms with Crippen LogP contribution in [0.15, 0.2) is 36.7 Å². The predicted octanol–water partition coefficient (Wildman–Crippen LogP) is 2.44. The van der Waals surface area contributed by atoms with Gasteiger partial charge >= 0.3 is 5.97 Å². The van der Waals surface area contributed by atoms with Gasteiger partial charge in [-0.15, -0.1) is 0 Å². The topological polar surface area (TPSA) is 88.5 Å². The van der Waals surface area contributed by atoms with Crippen molar-refractivity contribution in [3.8, 4) is 16.9 Å². The molecule has 1 aromatic heterocycles. The standard InChI is InChI=1S/C16H14N2O4/c19-15(3-4-16(20)21)18-11-1-2-13-12-5-6-17-8-10(12)9-22-14(13)7-11/h1-2,5-8H,3-4,9H2,(H,18,19)(H,20,21). The smallest absolute Gasteiger partial charge is 0.303 e. The third-order valence-corrected chi connectivity index (χ3v) is 3.41. The lowest BCUT2D eigenvalue weighted by Gasteiger charge is -2.21. The van der Waals surface area contributed by atoms with E-state index in [1.54, 1.807) is 24.5 Å². The lowest BCUT2D eigenvalue weighted by Crippen LogP contribution is -2.13. The number of carbonyl (C=O) groups is 2. The average molecular weight is 298 g/mol. The van der Waals surface area contributed by atoms with Crippen molar-refractivity contribution in [3.05, 3.63) is 42.2 Å². The van der Waals surface area contributed by atoms with Crippen LogP contribution in [-0.4, -0.2) is 22.0 Å². The van der Waals surface area contributed by atoms with Gasteiger partial charge in [-0.1, -0.05) is 0 Å². The van der Waals surface area contributed by atoms with Crippen LogP contribution in [0.4, 0.5) is 5.69 Å². The first kappa shape index (κ1) is 14.1. The van der Waals surface area contributed by atoms with Crippen molar-refractivity contribution in [2.75, 3.05) is 5.32 Å². The molecular formula is C16H14N2O4. The molecule has 3 rings (SSSR count). The number of carboxylic acid groups (broad SMARTS) is 1. The minimum atomic E-state index is -0.992. The van der Waals surface area contributed by atoms with Gasteiger partial charge in [0.1, 0.15) is 12.4 Å². The highest BCUT2D eigenvalue weighted by molar-refractivity contribution is 5.93. The van der Waals surface area contributed by atoms with E-state index in [1.807, 2.05) is 12.1 Å². The molecule has 0 aliphatic carbocycles. The highest BCUT2D eigenvalue weighted by atomic mass is 16.5. The quantitative estimate of drug-likeness (QED) is 0.905. The number of anilines is 1. The predicted molar refractivity (Wildman–Crippen MR) is 79.5 cm³/mol. The molecule has 1 aromatic carbocycles. The fourth-order valence-corrected chi connectivity index (χ4v) is 2.35. The fraction of sp³-hybridized carbons (Fsp3) is 0.188. The highest BCUT2D eigenvalue weighted by Gasteiger charge is 2.17. The number of carbonyl (C=O) groups excluding carboxylic acids is 1. The Hall–Kier alpha value is -2.89. The largest absolute Gasteiger partial charge is 0.488 e. The van der Waals surface area contributed by atoms with E-state index in [9.17, 15) is 9.59 Å². The Balaban J connectivity index is 1.78. The maximum atomic E-state index is 11.7. The van der Waals surface area contributed by atoms with Crippen molar-refractivity contribution in [2.45, 2.75) is 19.4 Å². The Morgan fingerprint density at radius 2 is 2.09 bits per heavy atom. The second-order valence-corrected chi connectivity index (χ2v) is 4.97. The van der Waals surface area contributed by atoms with Crippen LogP contribution in [0, 0.1) is 0 Å². The average Bonchev–Trinajstić information content (AvgIpc) is 2.52. The zero-order chi connectivity index (χ0) is 15.5. The molecule has 2 N–H and O–H groups in total. The van der Waals surface area contributed by atoms with E-state index in [2.05, 4.69) is 10.3 Å². The molecule has 1 aliphatic rings. The Labute approximate surface area is 126 Å². The highest BCUT2D eigenvalue weighted by Crippen LogP contribution is 2.38. The molecule has 0 radical (unpaired) electrons. The summed E-state index contributed by atoms with van der Waals surface area (Å²) >= 11 is 0. The first-order valence-corrected chi connectivity index (χ1v) is 6.85. The molecule has 1 amide bonds. The van der Waals surface area contributed by atoms with Gasteiger partial charge in [-0.2, -0.15) is 0 Å². The Morgan fingerprint density at radius 1 is 1.23 bits per heavy atom. The number of aromatic nitrogens is 1. The summed E-state index contributed by atoms with van der Waals surface area (Å²) in [5, 5.41) is 11.3. The number of carboxylic acids is 1. The van der Waals surface area contributed by atoms with Gasteiger partial charge in [0.25, 0.3) is 0 Å². The number of nitrogens with zero attached hydrogens (tertiary/aromatic N) is 1. The number of rotatable bonds is 4. The van der Waals surface area contributed by atoms with Gasteiger partial charge in [0.2, 0.25) is 5.91 Å². The van der Waals surface area contributed by atoms with Gasteiger partial charge in [-0.25, -0.2) is 0 Å². The van der Waals surface area contributed by atoms with Gasteiger partial charge in [-0.05, 0) is 23.8 Å². The van der Waals surface area contributed by atoms with Crippen LogP contribution < -0.4 is 10.1 Å². The number of nitrogens with one attached hydrogen (secondary N) is 1. The van der Waals surface area contributed by atoms with Crippen molar-refractivity contribution in [3.63, 3.8) is 0 Å². The third kappa shape index (κ3) is 2.90. The van der Waals surface area contributed by atoms with E-state index in [-0.39, 0.29) is 18.7 Å². The summed E-state index contributed by atoms with van der Waals surface area (Å²) in [5.74, 6) is -0.633. The molecule has 22 heavy (non-hydrogen) atoms. The molecule has 1 aliphatic heterocycles. The number of amides is 1. The normalized spacial score (nSPS) is 11.8. The fourth-order valence-electron chi connectivity index (χ4n) is 2.35. The number of fused-ring (bicyclic) bond motifs is 3. The van der Waals surface area contributed by atoms with Crippen molar-refractivity contribution >= 4 is 17.6 Å². The maximum Gasteiger partial charge on any atom is 0.303 e. The Kier molecular flexibility index (Phi) is 3.74. The zero-order valence-corrected chi connectivity index (χ0v) is 11.7. The molecule has 0 atom stereocenters. The van der Waals surface area contributed by atoms with Crippen molar-refractivity contribution in [1.29, 1.82) is 0 Å². The summed E-state index contributed by atoms with van der Waals surface area (Å²) in [6.07, 6.45) is 3.27. The molecule has 0 unspecified atom stereocenters. The molecule has 0 fully saturated rings. The van der Waals surface area contributed by atoms with Crippen molar-refractivity contribution in [2.24, 2.45) is 0 Å². The van der Waals surface area contributed by atoms with Gasteiger partial charge in [0.05, 0.1) is 6.42 Å². The minimum absolute atomic E-state index is 0.0538. The summed E-state index contributed by atoms with van der Waals surface area (Å²) in [5.41, 5.74) is 3.63. The van der Waals surface area contributed by atoms with Crippen molar-refractivity contribution < 1.29 is 19.4 Å². The van der Waals surface area contributed by atoms with Gasteiger partial charge in [0.15, 0.2) is 0 Å². The summed E-state index contributed by atoms with van der Waals surface area (Å²) in [4.78, 5) is 26.2. The molecule has 0 saturated heterocycles. The summed E-state index contributed by atoms with van der Waals surface area (Å²) in [6, 6.07) is 7.33. The molecule has 0 saturated carbocycles. The lowest BCUT2D eigenvalue weighted by atomic mass is 9.98. The van der Waals surface area contributed by atoms with E-state index in [1.165, 1.54) is 0 Å². The van der Waals surface area contributed by atoms with E-state index in [4.69, 9.17) is 9.84 Å². The number of hydrogen-bond donors (Lipinski definition) is 2. The second-order valence-electron chi connectivity index (χ2n) is 4.97. The summed E-state index contributed by atoms with van der Waals surface area (Å²) in [6.45, 7) is 0.437. The van der Waals surface area contributed by atoms with Gasteiger partial charge in [-0.3, -0.25) is 14.6 Å². The first-order chi connectivity index (χ1) is 10.6. The number of ether oxygens (including phenoxy) is 1. The number of pyridine rings is 1. The van der Waals surface area contributed by atoms with Gasteiger partial charge in [0, 0.05) is 41.7 Å². The monoisotopic (exact) mass is 298 g/mol. The number of aliphatic carboxylic acids is 1. The molecule has 2 heterocycles. The minimum Gasteiger partial charge on any atom is -0.488 e. The third-order valence-electron chi connectivity index (χ3n) is 3.41. The zero-order valence-electron chi connectivity index (χ0n) is 11.7. The SMILES string of the molecule is O=C(O)CCC(=O)Nc1ccc2c(c1)OCc1cnccc1-2. The Bertz CT molecular complexity index is 743. The second kappa shape index (κ2) is 5.85. The first-order valence-electron chi connectivity index (χ1n) is 6.85. The van der Waals surface area contributed by atoms with Crippen LogP contribution in [0.25, 0.3) is 11.1 Å². The van der Waals surface area contributed by atoms with E-state index in [0.717, 1.165) is 16.7 Å². The Morgan fingerprint density at radius 3 is 2.91 bits per heavy atom. The number of hydrogen-bond acceptors (Lipinski definition) is 4. The van der Waals surface area contributed by atoms with Crippen molar-refractivity contribution in [1.82, 2.24) is 4.98 Å². The van der Waals surface area contributed by atoms with Crippen LogP contribution in [0.3, 0.4) is 0 Å². The summed E-state index contributed by atoms with van der Waals surface area (Å²) in [7, 11) is 0. The molecule has 6 heteroatoms.